The number of hydrogen-bond donors (Lipinski definition) is 1. The summed E-state index contributed by atoms with van der Waals surface area (Å²) in [7, 11) is 0. The molecule has 1 aliphatic heterocycles. The van der Waals surface area contributed by atoms with E-state index in [1.165, 1.54) is 0 Å². The van der Waals surface area contributed by atoms with Crippen molar-refractivity contribution in [3.63, 3.8) is 0 Å². The Morgan fingerprint density at radius 2 is 1.34 bits per heavy atom. The van der Waals surface area contributed by atoms with Crippen molar-refractivity contribution in [1.82, 2.24) is 19.9 Å². The van der Waals surface area contributed by atoms with E-state index < -0.39 is 24.4 Å². The molecule has 4 rings (SSSR count). The number of rotatable bonds is 11. The third kappa shape index (κ3) is 6.20. The van der Waals surface area contributed by atoms with E-state index in [0.29, 0.717) is 21.7 Å². The summed E-state index contributed by atoms with van der Waals surface area (Å²) in [4.78, 5) is 55.1. The van der Waals surface area contributed by atoms with E-state index in [1.54, 1.807) is 61.2 Å². The molecule has 3 heterocycles. The van der Waals surface area contributed by atoms with Crippen molar-refractivity contribution >= 4 is 47.0 Å². The zero-order valence-electron chi connectivity index (χ0n) is 17.9. The molecule has 0 radical (unpaired) electrons. The second-order valence-corrected chi connectivity index (χ2v) is 8.61. The van der Waals surface area contributed by atoms with Gasteiger partial charge in [0.1, 0.15) is 28.8 Å². The van der Waals surface area contributed by atoms with Gasteiger partial charge in [-0.2, -0.15) is 0 Å². The van der Waals surface area contributed by atoms with Crippen molar-refractivity contribution in [1.29, 1.82) is 0 Å². The van der Waals surface area contributed by atoms with Gasteiger partial charge in [-0.1, -0.05) is 0 Å². The monoisotopic (exact) mass is 511 g/mol. The van der Waals surface area contributed by atoms with E-state index in [-0.39, 0.29) is 23.0 Å². The molecule has 1 N–H and O–H groups in total. The normalized spacial score (nSPS) is 13.4. The minimum atomic E-state index is -1.06. The molecule has 11 nitrogen and oxygen atoms in total. The van der Waals surface area contributed by atoms with Gasteiger partial charge in [-0.05, 0) is 59.9 Å². The van der Waals surface area contributed by atoms with Crippen molar-refractivity contribution < 1.29 is 29.0 Å². The van der Waals surface area contributed by atoms with Gasteiger partial charge in [-0.15, -0.1) is 0 Å². The topological polar surface area (TPSA) is 145 Å². The molecule has 1 aromatic carbocycles. The number of aromatic nitrogens is 4. The first-order chi connectivity index (χ1) is 17.0. The highest BCUT2D eigenvalue weighted by atomic mass is 32.2. The van der Waals surface area contributed by atoms with Gasteiger partial charge in [0, 0.05) is 24.8 Å². The highest BCUT2D eigenvalue weighted by Gasteiger charge is 2.41. The lowest BCUT2D eigenvalue weighted by atomic mass is 10.3. The Labute approximate surface area is 207 Å². The van der Waals surface area contributed by atoms with E-state index in [2.05, 4.69) is 19.9 Å². The van der Waals surface area contributed by atoms with Gasteiger partial charge in [0.25, 0.3) is 11.8 Å². The second-order valence-electron chi connectivity index (χ2n) is 6.66. The van der Waals surface area contributed by atoms with Gasteiger partial charge in [-0.25, -0.2) is 29.6 Å². The molecule has 2 aromatic heterocycles. The zero-order valence-corrected chi connectivity index (χ0v) is 19.6. The number of ether oxygens (including phenoxy) is 2. The van der Waals surface area contributed by atoms with Crippen molar-refractivity contribution in [2.75, 3.05) is 24.7 Å². The molecular formula is C22H17N5O6S2. The lowest BCUT2D eigenvalue weighted by Crippen LogP contribution is -2.31. The van der Waals surface area contributed by atoms with Crippen molar-refractivity contribution in [3.8, 4) is 5.75 Å². The molecule has 0 aliphatic carbocycles. The maximum Gasteiger partial charge on any atom is 0.329 e. The summed E-state index contributed by atoms with van der Waals surface area (Å²) in [5.74, 6) is -1.61. The Hall–Kier alpha value is -3.81. The van der Waals surface area contributed by atoms with E-state index in [4.69, 9.17) is 14.6 Å². The Kier molecular flexibility index (Phi) is 8.03. The first-order valence-electron chi connectivity index (χ1n) is 10.1. The third-order valence-electron chi connectivity index (χ3n) is 4.29. The van der Waals surface area contributed by atoms with Gasteiger partial charge in [-0.3, -0.25) is 9.59 Å². The van der Waals surface area contributed by atoms with Crippen LogP contribution in [0.1, 0.15) is 0 Å². The number of thioether (sulfide) groups is 2. The minimum absolute atomic E-state index is 0.103. The number of carbonyl (C=O) groups excluding carboxylic acids is 2. The summed E-state index contributed by atoms with van der Waals surface area (Å²) in [6.07, 6.45) is 6.20. The number of hydrogen-bond acceptors (Lipinski definition) is 11. The third-order valence-corrected chi connectivity index (χ3v) is 6.37. The molecule has 1 aliphatic rings. The molecule has 3 aromatic rings. The first kappa shape index (κ1) is 24.3. The first-order valence-corrected chi connectivity index (χ1v) is 11.7. The van der Waals surface area contributed by atoms with Crippen LogP contribution in [-0.4, -0.2) is 62.6 Å². The lowest BCUT2D eigenvalue weighted by Gasteiger charge is -2.15. The second kappa shape index (κ2) is 11.6. The standard InChI is InChI=1S/C22H17N5O6S2/c28-16(29)13-32-11-12-33-15-5-3-14(4-6-15)27-19(30)17(34-21-23-7-1-8-24-21)18(20(27)31)35-22-25-9-2-10-26-22/h1-10H,11-13H2,(H,28,29). The number of carboxylic acid groups (broad SMARTS) is 1. The number of anilines is 1. The van der Waals surface area contributed by atoms with Gasteiger partial charge >= 0.3 is 5.97 Å². The molecule has 178 valence electrons. The van der Waals surface area contributed by atoms with Crippen LogP contribution in [0.2, 0.25) is 0 Å². The molecule has 0 bridgehead atoms. The van der Waals surface area contributed by atoms with Crippen LogP contribution < -0.4 is 9.64 Å². The number of amides is 2. The summed E-state index contributed by atoms with van der Waals surface area (Å²) >= 11 is 2.00. The summed E-state index contributed by atoms with van der Waals surface area (Å²) < 4.78 is 10.4. The molecule has 0 atom stereocenters. The van der Waals surface area contributed by atoms with Crippen LogP contribution in [0.5, 0.6) is 5.75 Å². The van der Waals surface area contributed by atoms with Gasteiger partial charge in [0.2, 0.25) is 0 Å². The molecule has 2 amide bonds. The summed E-state index contributed by atoms with van der Waals surface area (Å²) in [5.41, 5.74) is 0.353. The quantitative estimate of drug-likeness (QED) is 0.229. The molecule has 0 spiro atoms. The molecule has 0 fully saturated rings. The molecule has 13 heteroatoms. The van der Waals surface area contributed by atoms with Crippen LogP contribution in [-0.2, 0) is 19.1 Å². The maximum atomic E-state index is 13.3. The smallest absolute Gasteiger partial charge is 0.329 e. The van der Waals surface area contributed by atoms with E-state index in [9.17, 15) is 14.4 Å². The number of aliphatic carboxylic acids is 1. The van der Waals surface area contributed by atoms with Gasteiger partial charge in [0.05, 0.1) is 12.3 Å². The summed E-state index contributed by atoms with van der Waals surface area (Å²) in [6, 6.07) is 9.68. The van der Waals surface area contributed by atoms with Crippen LogP contribution in [0.3, 0.4) is 0 Å². The number of carboxylic acids is 1. The van der Waals surface area contributed by atoms with Gasteiger partial charge < -0.3 is 14.6 Å². The predicted molar refractivity (Wildman–Crippen MR) is 126 cm³/mol. The van der Waals surface area contributed by atoms with E-state index in [0.717, 1.165) is 28.4 Å². The lowest BCUT2D eigenvalue weighted by molar-refractivity contribution is -0.142. The fourth-order valence-corrected chi connectivity index (χ4v) is 4.62. The van der Waals surface area contributed by atoms with Crippen LogP contribution in [0.4, 0.5) is 5.69 Å². The van der Waals surface area contributed by atoms with Crippen LogP contribution in [0.25, 0.3) is 0 Å². The van der Waals surface area contributed by atoms with E-state index >= 15 is 0 Å². The number of carbonyl (C=O) groups is 3. The van der Waals surface area contributed by atoms with Crippen LogP contribution >= 0.6 is 23.5 Å². The molecule has 35 heavy (non-hydrogen) atoms. The SMILES string of the molecule is O=C(O)COCCOc1ccc(N2C(=O)C(Sc3ncccn3)=C(Sc3ncccn3)C2=O)cc1. The highest BCUT2D eigenvalue weighted by molar-refractivity contribution is 8.08. The Morgan fingerprint density at radius 1 is 0.829 bits per heavy atom. The Morgan fingerprint density at radius 3 is 1.83 bits per heavy atom. The molecule has 0 saturated heterocycles. The molecular weight excluding hydrogens is 494 g/mol. The van der Waals surface area contributed by atoms with Crippen molar-refractivity contribution in [3.05, 3.63) is 71.0 Å². The Balaban J connectivity index is 1.51. The average molecular weight is 512 g/mol. The predicted octanol–water partition coefficient (Wildman–Crippen LogP) is 2.42. The number of imide groups is 1. The maximum absolute atomic E-state index is 13.3. The van der Waals surface area contributed by atoms with Crippen molar-refractivity contribution in [2.45, 2.75) is 10.3 Å². The largest absolute Gasteiger partial charge is 0.491 e. The van der Waals surface area contributed by atoms with Gasteiger partial charge in [0.15, 0.2) is 10.3 Å². The number of benzene rings is 1. The fraction of sp³-hybridized carbons (Fsp3) is 0.136. The average Bonchev–Trinajstić information content (AvgIpc) is 3.09. The highest BCUT2D eigenvalue weighted by Crippen LogP contribution is 2.42. The Bertz CT molecular complexity index is 1180. The molecule has 0 saturated carbocycles. The van der Waals surface area contributed by atoms with E-state index in [1.807, 2.05) is 0 Å². The molecule has 0 unspecified atom stereocenters. The minimum Gasteiger partial charge on any atom is -0.491 e. The van der Waals surface area contributed by atoms with Crippen LogP contribution in [0, 0.1) is 0 Å². The fourth-order valence-electron chi connectivity index (χ4n) is 2.83. The summed E-state index contributed by atoms with van der Waals surface area (Å²) in [5, 5.41) is 9.21. The van der Waals surface area contributed by atoms with Crippen molar-refractivity contribution in [2.24, 2.45) is 0 Å². The number of nitrogens with zero attached hydrogens (tertiary/aromatic N) is 5. The zero-order chi connectivity index (χ0) is 24.6. The summed E-state index contributed by atoms with van der Waals surface area (Å²) in [6.45, 7) is -0.159. The van der Waals surface area contributed by atoms with Crippen LogP contribution in [0.15, 0.2) is 81.3 Å².